The van der Waals surface area contributed by atoms with Gasteiger partial charge in [-0.05, 0) is 51.3 Å². The topological polar surface area (TPSA) is 52.6 Å². The van der Waals surface area contributed by atoms with Crippen molar-refractivity contribution in [1.82, 2.24) is 4.90 Å². The minimum atomic E-state index is -0.451. The molecule has 2 rings (SSSR count). The molecule has 2 N–H and O–H groups in total. The molecule has 1 amide bonds. The molecule has 0 aromatic heterocycles. The summed E-state index contributed by atoms with van der Waals surface area (Å²) in [7, 11) is 0. The van der Waals surface area contributed by atoms with Gasteiger partial charge in [-0.25, -0.2) is 0 Å². The number of piperidine rings is 1. The van der Waals surface area contributed by atoms with E-state index in [4.69, 9.17) is 0 Å². The molecule has 1 heterocycles. The van der Waals surface area contributed by atoms with Crippen LogP contribution in [0.3, 0.4) is 0 Å². The zero-order chi connectivity index (χ0) is 15.3. The van der Waals surface area contributed by atoms with Crippen molar-refractivity contribution in [3.63, 3.8) is 0 Å². The van der Waals surface area contributed by atoms with Crippen molar-refractivity contribution in [2.45, 2.75) is 26.7 Å². The van der Waals surface area contributed by atoms with E-state index in [1.54, 1.807) is 0 Å². The first-order valence-corrected chi connectivity index (χ1v) is 7.71. The number of para-hydroxylation sites is 1. The Morgan fingerprint density at radius 2 is 2.10 bits per heavy atom. The molecule has 4 heteroatoms. The highest BCUT2D eigenvalue weighted by Crippen LogP contribution is 2.24. The molecular formula is C17H26N2O2. The normalized spacial score (nSPS) is 20.2. The van der Waals surface area contributed by atoms with Crippen LogP contribution in [0, 0.1) is 11.3 Å². The van der Waals surface area contributed by atoms with Crippen molar-refractivity contribution < 1.29 is 9.90 Å². The lowest BCUT2D eigenvalue weighted by molar-refractivity contribution is -0.125. The molecule has 1 fully saturated rings. The molecule has 0 bridgehead atoms. The van der Waals surface area contributed by atoms with Crippen molar-refractivity contribution in [1.29, 1.82) is 0 Å². The molecule has 1 unspecified atom stereocenters. The van der Waals surface area contributed by atoms with Crippen LogP contribution in [-0.4, -0.2) is 42.2 Å². The van der Waals surface area contributed by atoms with Crippen LogP contribution in [0.2, 0.25) is 0 Å². The standard InChI is InChI=1S/C17H26N2O2/c1-17(2,13-19-10-6-7-14(11-19)12-20)16(21)18-15-8-4-3-5-9-15/h3-5,8-9,14,20H,6-7,10-13H2,1-2H3,(H,18,21). The quantitative estimate of drug-likeness (QED) is 0.875. The summed E-state index contributed by atoms with van der Waals surface area (Å²) in [5, 5.41) is 12.3. The fourth-order valence-electron chi connectivity index (χ4n) is 2.90. The summed E-state index contributed by atoms with van der Waals surface area (Å²) in [6, 6.07) is 9.56. The molecule has 0 saturated carbocycles. The summed E-state index contributed by atoms with van der Waals surface area (Å²) in [5.41, 5.74) is 0.384. The Hall–Kier alpha value is -1.39. The Balaban J connectivity index is 1.92. The van der Waals surface area contributed by atoms with Crippen molar-refractivity contribution in [2.24, 2.45) is 11.3 Å². The SMILES string of the molecule is CC(C)(CN1CCCC(CO)C1)C(=O)Nc1ccccc1. The van der Waals surface area contributed by atoms with Crippen molar-refractivity contribution in [3.05, 3.63) is 30.3 Å². The summed E-state index contributed by atoms with van der Waals surface area (Å²) in [4.78, 5) is 14.8. The molecule has 0 radical (unpaired) electrons. The zero-order valence-electron chi connectivity index (χ0n) is 13.0. The minimum absolute atomic E-state index is 0.0415. The highest BCUT2D eigenvalue weighted by Gasteiger charge is 2.32. The number of hydrogen-bond donors (Lipinski definition) is 2. The van der Waals surface area contributed by atoms with E-state index >= 15 is 0 Å². The van der Waals surface area contributed by atoms with Crippen molar-refractivity contribution in [3.8, 4) is 0 Å². The third-order valence-electron chi connectivity index (χ3n) is 4.13. The zero-order valence-corrected chi connectivity index (χ0v) is 13.0. The molecule has 116 valence electrons. The Kier molecular flexibility index (Phi) is 5.37. The largest absolute Gasteiger partial charge is 0.396 e. The highest BCUT2D eigenvalue weighted by atomic mass is 16.3. The number of anilines is 1. The molecular weight excluding hydrogens is 264 g/mol. The lowest BCUT2D eigenvalue weighted by Crippen LogP contribution is -2.46. The summed E-state index contributed by atoms with van der Waals surface area (Å²) >= 11 is 0. The third kappa shape index (κ3) is 4.55. The van der Waals surface area contributed by atoms with Crippen LogP contribution in [0.4, 0.5) is 5.69 Å². The van der Waals surface area contributed by atoms with E-state index in [0.717, 1.165) is 38.2 Å². The van der Waals surface area contributed by atoms with Crippen LogP contribution in [-0.2, 0) is 4.79 Å². The van der Waals surface area contributed by atoms with E-state index in [1.165, 1.54) is 0 Å². The maximum atomic E-state index is 12.5. The summed E-state index contributed by atoms with van der Waals surface area (Å²) in [5.74, 6) is 0.395. The lowest BCUT2D eigenvalue weighted by atomic mass is 9.89. The molecule has 0 aliphatic carbocycles. The number of rotatable bonds is 5. The predicted octanol–water partition coefficient (Wildman–Crippen LogP) is 2.36. The van der Waals surface area contributed by atoms with Gasteiger partial charge in [-0.15, -0.1) is 0 Å². The van der Waals surface area contributed by atoms with Crippen LogP contribution in [0.5, 0.6) is 0 Å². The molecule has 21 heavy (non-hydrogen) atoms. The van der Waals surface area contributed by atoms with Gasteiger partial charge in [-0.1, -0.05) is 18.2 Å². The van der Waals surface area contributed by atoms with Crippen molar-refractivity contribution in [2.75, 3.05) is 31.6 Å². The Bertz CT molecular complexity index is 459. The average molecular weight is 290 g/mol. The van der Waals surface area contributed by atoms with Gasteiger partial charge < -0.3 is 15.3 Å². The van der Waals surface area contributed by atoms with Gasteiger partial charge in [0, 0.05) is 25.4 Å². The number of nitrogens with one attached hydrogen (secondary N) is 1. The Morgan fingerprint density at radius 3 is 2.76 bits per heavy atom. The number of nitrogens with zero attached hydrogens (tertiary/aromatic N) is 1. The average Bonchev–Trinajstić information content (AvgIpc) is 2.48. The van der Waals surface area contributed by atoms with E-state index < -0.39 is 5.41 Å². The van der Waals surface area contributed by atoms with Crippen LogP contribution in [0.1, 0.15) is 26.7 Å². The van der Waals surface area contributed by atoms with Gasteiger partial charge in [-0.3, -0.25) is 4.79 Å². The minimum Gasteiger partial charge on any atom is -0.396 e. The van der Waals surface area contributed by atoms with Gasteiger partial charge >= 0.3 is 0 Å². The maximum Gasteiger partial charge on any atom is 0.231 e. The van der Waals surface area contributed by atoms with Crippen LogP contribution < -0.4 is 5.32 Å². The molecule has 0 spiro atoms. The maximum absolute atomic E-state index is 12.5. The smallest absolute Gasteiger partial charge is 0.231 e. The first-order valence-electron chi connectivity index (χ1n) is 7.71. The van der Waals surface area contributed by atoms with Crippen molar-refractivity contribution >= 4 is 11.6 Å². The number of carbonyl (C=O) groups excluding carboxylic acids is 1. The molecule has 4 nitrogen and oxygen atoms in total. The number of likely N-dealkylation sites (tertiary alicyclic amines) is 1. The number of carbonyl (C=O) groups is 1. The molecule has 1 aromatic rings. The van der Waals surface area contributed by atoms with E-state index in [2.05, 4.69) is 10.2 Å². The monoisotopic (exact) mass is 290 g/mol. The second-order valence-electron chi connectivity index (χ2n) is 6.63. The second-order valence-corrected chi connectivity index (χ2v) is 6.63. The first-order chi connectivity index (χ1) is 10.0. The fourth-order valence-corrected chi connectivity index (χ4v) is 2.90. The highest BCUT2D eigenvalue weighted by molar-refractivity contribution is 5.94. The summed E-state index contributed by atoms with van der Waals surface area (Å²) in [6.07, 6.45) is 2.19. The second kappa shape index (κ2) is 7.05. The fraction of sp³-hybridized carbons (Fsp3) is 0.588. The molecule has 1 saturated heterocycles. The Labute approximate surface area is 127 Å². The number of amides is 1. The number of benzene rings is 1. The van der Waals surface area contributed by atoms with E-state index in [9.17, 15) is 9.90 Å². The van der Waals surface area contributed by atoms with Gasteiger partial charge in [0.2, 0.25) is 5.91 Å². The van der Waals surface area contributed by atoms with Crippen LogP contribution in [0.15, 0.2) is 30.3 Å². The molecule has 1 aliphatic heterocycles. The first kappa shape index (κ1) is 16.0. The van der Waals surface area contributed by atoms with Gasteiger partial charge in [-0.2, -0.15) is 0 Å². The van der Waals surface area contributed by atoms with E-state index in [-0.39, 0.29) is 12.5 Å². The number of hydrogen-bond acceptors (Lipinski definition) is 3. The predicted molar refractivity (Wildman–Crippen MR) is 85.1 cm³/mol. The van der Waals surface area contributed by atoms with Gasteiger partial charge in [0.05, 0.1) is 5.41 Å². The van der Waals surface area contributed by atoms with Gasteiger partial charge in [0.1, 0.15) is 0 Å². The summed E-state index contributed by atoms with van der Waals surface area (Å²) < 4.78 is 0. The number of aliphatic hydroxyl groups is 1. The third-order valence-corrected chi connectivity index (χ3v) is 4.13. The van der Waals surface area contributed by atoms with Gasteiger partial charge in [0.25, 0.3) is 0 Å². The number of aliphatic hydroxyl groups excluding tert-OH is 1. The molecule has 1 aliphatic rings. The lowest BCUT2D eigenvalue weighted by Gasteiger charge is -2.36. The Morgan fingerprint density at radius 1 is 1.38 bits per heavy atom. The summed E-state index contributed by atoms with van der Waals surface area (Å²) in [6.45, 7) is 6.83. The van der Waals surface area contributed by atoms with E-state index in [0.29, 0.717) is 5.92 Å². The molecule has 1 aromatic carbocycles. The van der Waals surface area contributed by atoms with Crippen LogP contribution in [0.25, 0.3) is 0 Å². The van der Waals surface area contributed by atoms with E-state index in [1.807, 2.05) is 44.2 Å². The molecule has 1 atom stereocenters. The van der Waals surface area contributed by atoms with Crippen LogP contribution >= 0.6 is 0 Å². The van der Waals surface area contributed by atoms with Gasteiger partial charge in [0.15, 0.2) is 0 Å².